The third-order valence-electron chi connectivity index (χ3n) is 7.61. The Labute approximate surface area is 213 Å². The van der Waals surface area contributed by atoms with E-state index < -0.39 is 29.7 Å². The first-order valence-corrected chi connectivity index (χ1v) is 12.6. The van der Waals surface area contributed by atoms with Crippen LogP contribution in [0.25, 0.3) is 0 Å². The molecular weight excluding hydrogens is 496 g/mol. The number of hydrogen-bond acceptors (Lipinski definition) is 4. The molecular formula is C27H33F6N3O. The molecule has 0 amide bonds. The molecule has 2 aromatic rings. The second kappa shape index (κ2) is 11.3. The van der Waals surface area contributed by atoms with Gasteiger partial charge in [-0.3, -0.25) is 14.7 Å². The molecule has 4 nitrogen and oxygen atoms in total. The Morgan fingerprint density at radius 3 is 1.95 bits per heavy atom. The molecule has 1 saturated carbocycles. The van der Waals surface area contributed by atoms with Gasteiger partial charge in [-0.05, 0) is 55.6 Å². The smallest absolute Gasteiger partial charge is 0.376 e. The average Bonchev–Trinajstić information content (AvgIpc) is 2.82. The normalized spacial score (nSPS) is 20.1. The number of benzene rings is 2. The maximum atomic E-state index is 13.2. The van der Waals surface area contributed by atoms with E-state index in [4.69, 9.17) is 0 Å². The summed E-state index contributed by atoms with van der Waals surface area (Å²) in [6, 6.07) is 11.4. The summed E-state index contributed by atoms with van der Waals surface area (Å²) < 4.78 is 79.4. The summed E-state index contributed by atoms with van der Waals surface area (Å²) in [6.07, 6.45) is -7.14. The molecule has 2 fully saturated rings. The fraction of sp³-hybridized carbons (Fsp3) is 0.556. The number of aliphatic hydroxyl groups excluding tert-OH is 1. The van der Waals surface area contributed by atoms with Gasteiger partial charge in [0, 0.05) is 38.8 Å². The zero-order valence-electron chi connectivity index (χ0n) is 20.8. The fourth-order valence-corrected chi connectivity index (χ4v) is 5.20. The molecule has 1 saturated heterocycles. The Kier molecular flexibility index (Phi) is 8.52. The van der Waals surface area contributed by atoms with Crippen LogP contribution in [0.2, 0.25) is 0 Å². The molecule has 2 atom stereocenters. The summed E-state index contributed by atoms with van der Waals surface area (Å²) in [5, 5.41) is 11.4. The minimum Gasteiger partial charge on any atom is -0.376 e. The van der Waals surface area contributed by atoms with Gasteiger partial charge in [0.05, 0.1) is 17.2 Å². The Morgan fingerprint density at radius 1 is 0.892 bits per heavy atom. The Balaban J connectivity index is 1.48. The van der Waals surface area contributed by atoms with Crippen molar-refractivity contribution in [2.45, 2.75) is 56.3 Å². The van der Waals surface area contributed by atoms with Crippen molar-refractivity contribution < 1.29 is 31.4 Å². The largest absolute Gasteiger partial charge is 0.416 e. The van der Waals surface area contributed by atoms with Crippen LogP contribution in [0.1, 0.15) is 47.6 Å². The van der Waals surface area contributed by atoms with Gasteiger partial charge in [0.15, 0.2) is 0 Å². The van der Waals surface area contributed by atoms with Crippen molar-refractivity contribution in [3.05, 3.63) is 70.8 Å². The van der Waals surface area contributed by atoms with E-state index in [-0.39, 0.29) is 30.6 Å². The summed E-state index contributed by atoms with van der Waals surface area (Å²) >= 11 is 0. The average molecular weight is 530 g/mol. The molecule has 1 aliphatic heterocycles. The first-order valence-electron chi connectivity index (χ1n) is 12.6. The Hall–Kier alpha value is -2.14. The van der Waals surface area contributed by atoms with Crippen molar-refractivity contribution in [2.24, 2.45) is 0 Å². The van der Waals surface area contributed by atoms with Crippen LogP contribution >= 0.6 is 0 Å². The highest BCUT2D eigenvalue weighted by atomic mass is 19.4. The van der Waals surface area contributed by atoms with Crippen molar-refractivity contribution in [3.63, 3.8) is 0 Å². The molecule has 37 heavy (non-hydrogen) atoms. The van der Waals surface area contributed by atoms with Crippen LogP contribution < -0.4 is 0 Å². The van der Waals surface area contributed by atoms with E-state index >= 15 is 0 Å². The standard InChI is InChI=1S/C27H33F6N3O/c1-34(11-10-19-16-21(26(28,29)30)18-22(17-19)27(31,32)33)25(37)24(20-6-3-2-4-7-20)36-14-12-35(13-15-36)23-8-5-9-23/h2-4,6-7,16-18,23-25,37H,5,8-15H2,1H3. The predicted molar refractivity (Wildman–Crippen MR) is 129 cm³/mol. The maximum absolute atomic E-state index is 13.2. The van der Waals surface area contributed by atoms with Crippen LogP contribution in [-0.2, 0) is 18.8 Å². The van der Waals surface area contributed by atoms with Gasteiger partial charge in [-0.1, -0.05) is 36.8 Å². The zero-order valence-corrected chi connectivity index (χ0v) is 20.8. The molecule has 204 valence electrons. The monoisotopic (exact) mass is 529 g/mol. The number of rotatable bonds is 8. The number of nitrogens with zero attached hydrogens (tertiary/aromatic N) is 3. The van der Waals surface area contributed by atoms with Gasteiger partial charge in [0.1, 0.15) is 6.23 Å². The molecule has 0 aromatic heterocycles. The van der Waals surface area contributed by atoms with E-state index in [1.54, 1.807) is 11.9 Å². The van der Waals surface area contributed by atoms with E-state index in [2.05, 4.69) is 9.80 Å². The zero-order chi connectivity index (χ0) is 26.8. The molecule has 0 spiro atoms. The van der Waals surface area contributed by atoms with Gasteiger partial charge in [-0.2, -0.15) is 26.3 Å². The topological polar surface area (TPSA) is 30.0 Å². The highest BCUT2D eigenvalue weighted by Gasteiger charge is 2.38. The summed E-state index contributed by atoms with van der Waals surface area (Å²) in [5.41, 5.74) is -1.82. The lowest BCUT2D eigenvalue weighted by molar-refractivity contribution is -0.143. The third kappa shape index (κ3) is 6.85. The number of likely N-dealkylation sites (N-methyl/N-ethyl adjacent to an activating group) is 1. The molecule has 1 heterocycles. The second-order valence-corrected chi connectivity index (χ2v) is 10.1. The van der Waals surface area contributed by atoms with E-state index in [9.17, 15) is 31.4 Å². The summed E-state index contributed by atoms with van der Waals surface area (Å²) in [6.45, 7) is 3.42. The lowest BCUT2D eigenvalue weighted by Gasteiger charge is -2.46. The van der Waals surface area contributed by atoms with E-state index in [0.29, 0.717) is 6.04 Å². The molecule has 2 unspecified atom stereocenters. The van der Waals surface area contributed by atoms with Crippen LogP contribution in [0, 0.1) is 0 Å². The van der Waals surface area contributed by atoms with Crippen molar-refractivity contribution >= 4 is 0 Å². The molecule has 0 radical (unpaired) electrons. The van der Waals surface area contributed by atoms with Crippen molar-refractivity contribution in [2.75, 3.05) is 39.8 Å². The second-order valence-electron chi connectivity index (χ2n) is 10.1. The van der Waals surface area contributed by atoms with Gasteiger partial charge in [0.2, 0.25) is 0 Å². The maximum Gasteiger partial charge on any atom is 0.416 e. The van der Waals surface area contributed by atoms with Gasteiger partial charge >= 0.3 is 12.4 Å². The predicted octanol–water partition coefficient (Wildman–Crippen LogP) is 5.43. The van der Waals surface area contributed by atoms with Gasteiger partial charge in [-0.25, -0.2) is 0 Å². The fourth-order valence-electron chi connectivity index (χ4n) is 5.20. The van der Waals surface area contributed by atoms with Gasteiger partial charge < -0.3 is 5.11 Å². The molecule has 2 aliphatic rings. The molecule has 2 aromatic carbocycles. The third-order valence-corrected chi connectivity index (χ3v) is 7.61. The number of piperazine rings is 1. The summed E-state index contributed by atoms with van der Waals surface area (Å²) in [4.78, 5) is 6.31. The van der Waals surface area contributed by atoms with Crippen LogP contribution in [0.3, 0.4) is 0 Å². The summed E-state index contributed by atoms with van der Waals surface area (Å²) in [7, 11) is 1.64. The van der Waals surface area contributed by atoms with Crippen LogP contribution in [0.4, 0.5) is 26.3 Å². The van der Waals surface area contributed by atoms with Crippen molar-refractivity contribution in [1.82, 2.24) is 14.7 Å². The SMILES string of the molecule is CN(CCc1cc(C(F)(F)F)cc(C(F)(F)F)c1)C(O)C(c1ccccc1)N1CCN(C2CCC2)CC1. The highest BCUT2D eigenvalue weighted by molar-refractivity contribution is 5.34. The lowest BCUT2D eigenvalue weighted by atomic mass is 9.91. The number of halogens is 6. The van der Waals surface area contributed by atoms with E-state index in [0.717, 1.165) is 43.9 Å². The highest BCUT2D eigenvalue weighted by Crippen LogP contribution is 2.37. The number of alkyl halides is 6. The van der Waals surface area contributed by atoms with Crippen LogP contribution in [0.5, 0.6) is 0 Å². The number of aliphatic hydroxyl groups is 1. The Morgan fingerprint density at radius 2 is 1.46 bits per heavy atom. The molecule has 1 N–H and O–H groups in total. The van der Waals surface area contributed by atoms with E-state index in [1.807, 2.05) is 30.3 Å². The molecule has 10 heteroatoms. The van der Waals surface area contributed by atoms with Crippen molar-refractivity contribution in [3.8, 4) is 0 Å². The van der Waals surface area contributed by atoms with Gasteiger partial charge in [-0.15, -0.1) is 0 Å². The summed E-state index contributed by atoms with van der Waals surface area (Å²) in [5.74, 6) is 0. The molecule has 4 rings (SSSR count). The van der Waals surface area contributed by atoms with Gasteiger partial charge in [0.25, 0.3) is 0 Å². The quantitative estimate of drug-likeness (QED) is 0.365. The van der Waals surface area contributed by atoms with E-state index in [1.165, 1.54) is 19.3 Å². The Bertz CT molecular complexity index is 985. The number of hydrogen-bond donors (Lipinski definition) is 1. The lowest BCUT2D eigenvalue weighted by Crippen LogP contribution is -2.55. The first-order chi connectivity index (χ1) is 17.4. The van der Waals surface area contributed by atoms with Crippen molar-refractivity contribution in [1.29, 1.82) is 0 Å². The first kappa shape index (κ1) is 27.9. The molecule has 0 bridgehead atoms. The molecule has 1 aliphatic carbocycles. The minimum atomic E-state index is -4.89. The minimum absolute atomic E-state index is 0.0719. The van der Waals surface area contributed by atoms with Crippen LogP contribution in [-0.4, -0.2) is 71.8 Å². The van der Waals surface area contributed by atoms with Crippen LogP contribution in [0.15, 0.2) is 48.5 Å².